The molecule has 1 amide bonds. The molecule has 7 heteroatoms. The van der Waals surface area contributed by atoms with Crippen LogP contribution >= 0.6 is 0 Å². The number of methoxy groups -OCH3 is 1. The van der Waals surface area contributed by atoms with Crippen molar-refractivity contribution in [2.75, 3.05) is 20.3 Å². The maximum absolute atomic E-state index is 11.5. The fourth-order valence-corrected chi connectivity index (χ4v) is 2.49. The normalized spacial score (nSPS) is 12.2. The molecule has 0 radical (unpaired) electrons. The number of nitrogens with one attached hydrogen (secondary N) is 1. The monoisotopic (exact) mass is 394 g/mol. The minimum atomic E-state index is -0.651. The van der Waals surface area contributed by atoms with Crippen LogP contribution in [0.3, 0.4) is 0 Å². The predicted molar refractivity (Wildman–Crippen MR) is 108 cm³/mol. The van der Waals surface area contributed by atoms with Crippen molar-refractivity contribution < 1.29 is 23.8 Å². The minimum Gasteiger partial charge on any atom is -0.494 e. The Morgan fingerprint density at radius 2 is 1.71 bits per heavy atom. The summed E-state index contributed by atoms with van der Waals surface area (Å²) in [6.45, 7) is 6.79. The second-order valence-electron chi connectivity index (χ2n) is 7.67. The topological polar surface area (TPSA) is 99.9 Å². The van der Waals surface area contributed by atoms with Gasteiger partial charge in [0.05, 0.1) is 13.7 Å². The van der Waals surface area contributed by atoms with E-state index in [-0.39, 0.29) is 6.09 Å². The Balaban J connectivity index is 2.10. The van der Waals surface area contributed by atoms with Gasteiger partial charge in [-0.2, -0.15) is 0 Å². The summed E-state index contributed by atoms with van der Waals surface area (Å²) in [6.07, 6.45) is 3.97. The summed E-state index contributed by atoms with van der Waals surface area (Å²) < 4.78 is 15.5. The van der Waals surface area contributed by atoms with Gasteiger partial charge in [0.1, 0.15) is 17.4 Å². The van der Waals surface area contributed by atoms with E-state index in [2.05, 4.69) is 10.1 Å². The first kappa shape index (κ1) is 23.8. The van der Waals surface area contributed by atoms with E-state index in [0.29, 0.717) is 19.6 Å². The number of rotatable bonds is 11. The third kappa shape index (κ3) is 10.8. The van der Waals surface area contributed by atoms with Crippen LogP contribution < -0.4 is 15.8 Å². The number of amides is 1. The molecule has 1 atom stereocenters. The van der Waals surface area contributed by atoms with Gasteiger partial charge in [-0.15, -0.1) is 0 Å². The Hall–Kier alpha value is -2.28. The number of esters is 1. The Labute approximate surface area is 167 Å². The Bertz CT molecular complexity index is 596. The molecule has 0 fully saturated rings. The lowest BCUT2D eigenvalue weighted by Crippen LogP contribution is -2.33. The van der Waals surface area contributed by atoms with Gasteiger partial charge in [0.2, 0.25) is 0 Å². The van der Waals surface area contributed by atoms with E-state index in [9.17, 15) is 9.59 Å². The molecule has 158 valence electrons. The highest BCUT2D eigenvalue weighted by atomic mass is 16.6. The Morgan fingerprint density at radius 1 is 1.07 bits per heavy atom. The van der Waals surface area contributed by atoms with Crippen LogP contribution in [-0.2, 0) is 20.7 Å². The highest BCUT2D eigenvalue weighted by Crippen LogP contribution is 2.14. The molecule has 0 aromatic heterocycles. The number of ether oxygens (including phenoxy) is 3. The summed E-state index contributed by atoms with van der Waals surface area (Å²) in [5.74, 6) is 0.378. The van der Waals surface area contributed by atoms with E-state index in [1.54, 1.807) is 0 Å². The number of alkyl carbamates (subject to hydrolysis) is 1. The molecule has 0 aliphatic rings. The number of carbonyl (C=O) groups excluding carboxylic acids is 2. The van der Waals surface area contributed by atoms with E-state index in [1.165, 1.54) is 7.11 Å². The molecule has 3 N–H and O–H groups in total. The van der Waals surface area contributed by atoms with Crippen LogP contribution in [0.15, 0.2) is 24.3 Å². The lowest BCUT2D eigenvalue weighted by molar-refractivity contribution is -0.142. The van der Waals surface area contributed by atoms with Gasteiger partial charge >= 0.3 is 12.1 Å². The zero-order valence-corrected chi connectivity index (χ0v) is 17.5. The van der Waals surface area contributed by atoms with Crippen LogP contribution in [-0.4, -0.2) is 44.0 Å². The predicted octanol–water partition coefficient (Wildman–Crippen LogP) is 3.19. The largest absolute Gasteiger partial charge is 0.494 e. The maximum atomic E-state index is 11.5. The summed E-state index contributed by atoms with van der Waals surface area (Å²) in [6, 6.07) is 6.91. The molecule has 0 aliphatic heterocycles. The van der Waals surface area contributed by atoms with Gasteiger partial charge in [0.15, 0.2) is 0 Å². The molecule has 1 rings (SSSR count). The van der Waals surface area contributed by atoms with Gasteiger partial charge in [-0.1, -0.05) is 25.0 Å². The third-order valence-electron chi connectivity index (χ3n) is 3.89. The molecule has 0 heterocycles. The molecule has 7 nitrogen and oxygen atoms in total. The van der Waals surface area contributed by atoms with E-state index < -0.39 is 17.6 Å². The summed E-state index contributed by atoms with van der Waals surface area (Å²) >= 11 is 0. The fraction of sp³-hybridized carbons (Fsp3) is 0.619. The quantitative estimate of drug-likeness (QED) is 0.442. The van der Waals surface area contributed by atoms with Crippen molar-refractivity contribution in [1.82, 2.24) is 5.32 Å². The first-order chi connectivity index (χ1) is 13.2. The molecule has 0 aliphatic carbocycles. The van der Waals surface area contributed by atoms with Crippen molar-refractivity contribution in [2.24, 2.45) is 5.73 Å². The molecule has 0 spiro atoms. The van der Waals surface area contributed by atoms with Crippen LogP contribution in [0, 0.1) is 0 Å². The molecule has 0 saturated carbocycles. The zero-order chi connectivity index (χ0) is 21.0. The molecule has 28 heavy (non-hydrogen) atoms. The summed E-state index contributed by atoms with van der Waals surface area (Å²) in [5.41, 5.74) is 6.25. The van der Waals surface area contributed by atoms with Crippen molar-refractivity contribution >= 4 is 12.1 Å². The molecule has 1 aromatic carbocycles. The van der Waals surface area contributed by atoms with Gasteiger partial charge in [0.25, 0.3) is 0 Å². The molecule has 0 saturated heterocycles. The highest BCUT2D eigenvalue weighted by molar-refractivity contribution is 5.75. The Morgan fingerprint density at radius 3 is 2.32 bits per heavy atom. The lowest BCUT2D eigenvalue weighted by atomic mass is 10.1. The highest BCUT2D eigenvalue weighted by Gasteiger charge is 2.15. The standard InChI is InChI=1S/C21H34N2O5/c1-21(2,3)28-20(25)23-13-7-5-6-8-14-27-17-11-9-16(10-12-17)15-18(22)19(24)26-4/h9-12,18H,5-8,13-15,22H2,1-4H3,(H,23,25). The fourth-order valence-electron chi connectivity index (χ4n) is 2.49. The maximum Gasteiger partial charge on any atom is 0.407 e. The average Bonchev–Trinajstić information content (AvgIpc) is 2.63. The van der Waals surface area contributed by atoms with Gasteiger partial charge in [-0.05, 0) is 57.7 Å². The van der Waals surface area contributed by atoms with Crippen LogP contribution in [0.2, 0.25) is 0 Å². The number of carbonyl (C=O) groups is 2. The summed E-state index contributed by atoms with van der Waals surface area (Å²) in [4.78, 5) is 22.8. The van der Waals surface area contributed by atoms with Gasteiger partial charge in [0, 0.05) is 6.54 Å². The van der Waals surface area contributed by atoms with E-state index in [0.717, 1.165) is 37.0 Å². The van der Waals surface area contributed by atoms with Gasteiger partial charge in [-0.3, -0.25) is 4.79 Å². The first-order valence-electron chi connectivity index (χ1n) is 9.73. The number of hydrogen-bond donors (Lipinski definition) is 2. The summed E-state index contributed by atoms with van der Waals surface area (Å²) in [7, 11) is 1.33. The number of unbranched alkanes of at least 4 members (excludes halogenated alkanes) is 3. The van der Waals surface area contributed by atoms with Crippen LogP contribution in [0.4, 0.5) is 4.79 Å². The second-order valence-corrected chi connectivity index (χ2v) is 7.67. The van der Waals surface area contributed by atoms with Crippen LogP contribution in [0.1, 0.15) is 52.0 Å². The number of nitrogens with two attached hydrogens (primary N) is 1. The molecular weight excluding hydrogens is 360 g/mol. The van der Waals surface area contributed by atoms with Gasteiger partial charge in [-0.25, -0.2) is 4.79 Å². The van der Waals surface area contributed by atoms with Crippen molar-refractivity contribution in [3.05, 3.63) is 29.8 Å². The van der Waals surface area contributed by atoms with Gasteiger partial charge < -0.3 is 25.3 Å². The average molecular weight is 395 g/mol. The third-order valence-corrected chi connectivity index (χ3v) is 3.89. The molecule has 0 bridgehead atoms. The van der Waals surface area contributed by atoms with E-state index >= 15 is 0 Å². The minimum absolute atomic E-state index is 0.369. The smallest absolute Gasteiger partial charge is 0.407 e. The molecule has 1 aromatic rings. The number of benzene rings is 1. The molecular formula is C21H34N2O5. The van der Waals surface area contributed by atoms with E-state index in [4.69, 9.17) is 15.2 Å². The summed E-state index contributed by atoms with van der Waals surface area (Å²) in [5, 5.41) is 2.76. The van der Waals surface area contributed by atoms with Crippen molar-refractivity contribution in [3.8, 4) is 5.75 Å². The van der Waals surface area contributed by atoms with Crippen molar-refractivity contribution in [1.29, 1.82) is 0 Å². The number of hydrogen-bond acceptors (Lipinski definition) is 6. The zero-order valence-electron chi connectivity index (χ0n) is 17.5. The molecule has 1 unspecified atom stereocenters. The lowest BCUT2D eigenvalue weighted by Gasteiger charge is -2.19. The Kier molecular flexibility index (Phi) is 10.4. The first-order valence-corrected chi connectivity index (χ1v) is 9.73. The van der Waals surface area contributed by atoms with E-state index in [1.807, 2.05) is 45.0 Å². The van der Waals surface area contributed by atoms with Crippen LogP contribution in [0.5, 0.6) is 5.75 Å². The second kappa shape index (κ2) is 12.2. The van der Waals surface area contributed by atoms with Crippen molar-refractivity contribution in [2.45, 2.75) is 64.5 Å². The van der Waals surface area contributed by atoms with Crippen molar-refractivity contribution in [3.63, 3.8) is 0 Å². The van der Waals surface area contributed by atoms with Crippen LogP contribution in [0.25, 0.3) is 0 Å². The SMILES string of the molecule is COC(=O)C(N)Cc1ccc(OCCCCCCNC(=O)OC(C)(C)C)cc1.